The Balaban J connectivity index is 3.54. The van der Waals surface area contributed by atoms with Gasteiger partial charge in [-0.2, -0.15) is 0 Å². The van der Waals surface area contributed by atoms with Crippen molar-refractivity contribution in [3.63, 3.8) is 0 Å². The van der Waals surface area contributed by atoms with Crippen molar-refractivity contribution in [3.05, 3.63) is 6.92 Å². The van der Waals surface area contributed by atoms with Gasteiger partial charge in [0.15, 0.2) is 5.79 Å². The van der Waals surface area contributed by atoms with Crippen molar-refractivity contribution in [2.75, 3.05) is 0 Å². The first-order chi connectivity index (χ1) is 2.94. The van der Waals surface area contributed by atoms with Gasteiger partial charge in [-0.15, -0.1) is 0 Å². The van der Waals surface area contributed by atoms with E-state index in [0.29, 0.717) is 0 Å². The largest absolute Gasteiger partial charge is 0.366 e. The summed E-state index contributed by atoms with van der Waals surface area (Å²) in [5.41, 5.74) is 0. The minimum atomic E-state index is -1.61. The SMILES string of the molecule is [CH2]C(C)C(C)(O)O. The molecule has 2 nitrogen and oxygen atoms in total. The van der Waals surface area contributed by atoms with Crippen molar-refractivity contribution in [1.82, 2.24) is 0 Å². The average molecular weight is 103 g/mol. The highest BCUT2D eigenvalue weighted by Crippen LogP contribution is 2.09. The smallest absolute Gasteiger partial charge is 0.162 e. The van der Waals surface area contributed by atoms with E-state index in [1.807, 2.05) is 0 Å². The molecule has 0 aromatic carbocycles. The molecule has 1 atom stereocenters. The summed E-state index contributed by atoms with van der Waals surface area (Å²) >= 11 is 0. The van der Waals surface area contributed by atoms with Gasteiger partial charge in [0.25, 0.3) is 0 Å². The van der Waals surface area contributed by atoms with Crippen LogP contribution in [-0.2, 0) is 0 Å². The molecule has 0 bridgehead atoms. The van der Waals surface area contributed by atoms with Gasteiger partial charge in [0.2, 0.25) is 0 Å². The first kappa shape index (κ1) is 6.92. The molecule has 2 heteroatoms. The molecule has 7 heavy (non-hydrogen) atoms. The van der Waals surface area contributed by atoms with Crippen LogP contribution in [0.2, 0.25) is 0 Å². The van der Waals surface area contributed by atoms with E-state index in [-0.39, 0.29) is 5.92 Å². The molecule has 1 unspecified atom stereocenters. The fourth-order valence-corrected chi connectivity index (χ4v) is 0. The molecule has 2 N–H and O–H groups in total. The van der Waals surface area contributed by atoms with E-state index < -0.39 is 5.79 Å². The molecule has 0 saturated carbocycles. The monoisotopic (exact) mass is 103 g/mol. The van der Waals surface area contributed by atoms with Gasteiger partial charge in [-0.25, -0.2) is 0 Å². The summed E-state index contributed by atoms with van der Waals surface area (Å²) in [4.78, 5) is 0. The summed E-state index contributed by atoms with van der Waals surface area (Å²) in [7, 11) is 0. The lowest BCUT2D eigenvalue weighted by Gasteiger charge is -2.19. The maximum atomic E-state index is 8.59. The molecule has 0 aliphatic rings. The first-order valence-corrected chi connectivity index (χ1v) is 2.22. The zero-order valence-electron chi connectivity index (χ0n) is 4.68. The number of hydrogen-bond acceptors (Lipinski definition) is 2. The lowest BCUT2D eigenvalue weighted by Crippen LogP contribution is -2.29. The molecule has 1 radical (unpaired) electrons. The van der Waals surface area contributed by atoms with E-state index in [9.17, 15) is 0 Å². The van der Waals surface area contributed by atoms with Crippen molar-refractivity contribution in [2.45, 2.75) is 19.6 Å². The second-order valence-corrected chi connectivity index (χ2v) is 2.00. The highest BCUT2D eigenvalue weighted by Gasteiger charge is 2.19. The highest BCUT2D eigenvalue weighted by atomic mass is 16.5. The van der Waals surface area contributed by atoms with Crippen LogP contribution in [0.3, 0.4) is 0 Å². The summed E-state index contributed by atoms with van der Waals surface area (Å²) in [5, 5.41) is 17.2. The summed E-state index contributed by atoms with van der Waals surface area (Å²) in [6.45, 7) is 6.36. The Labute approximate surface area is 43.8 Å². The molecular weight excluding hydrogens is 92.1 g/mol. The van der Waals surface area contributed by atoms with Crippen molar-refractivity contribution in [1.29, 1.82) is 0 Å². The van der Waals surface area contributed by atoms with Gasteiger partial charge in [0, 0.05) is 5.92 Å². The van der Waals surface area contributed by atoms with Crippen LogP contribution in [0.4, 0.5) is 0 Å². The van der Waals surface area contributed by atoms with Crippen LogP contribution < -0.4 is 0 Å². The van der Waals surface area contributed by atoms with E-state index in [1.165, 1.54) is 6.92 Å². The molecule has 0 heterocycles. The van der Waals surface area contributed by atoms with Crippen LogP contribution >= 0.6 is 0 Å². The van der Waals surface area contributed by atoms with E-state index >= 15 is 0 Å². The van der Waals surface area contributed by atoms with Crippen LogP contribution in [0.15, 0.2) is 0 Å². The van der Waals surface area contributed by atoms with Crippen LogP contribution in [0, 0.1) is 12.8 Å². The fraction of sp³-hybridized carbons (Fsp3) is 0.800. The molecule has 0 saturated heterocycles. The third-order valence-corrected chi connectivity index (χ3v) is 0.934. The number of hydrogen-bond donors (Lipinski definition) is 2. The maximum absolute atomic E-state index is 8.59. The van der Waals surface area contributed by atoms with Crippen molar-refractivity contribution < 1.29 is 10.2 Å². The highest BCUT2D eigenvalue weighted by molar-refractivity contribution is 4.66. The second-order valence-electron chi connectivity index (χ2n) is 2.00. The van der Waals surface area contributed by atoms with Crippen molar-refractivity contribution >= 4 is 0 Å². The Morgan fingerprint density at radius 1 is 1.57 bits per heavy atom. The molecule has 0 aliphatic carbocycles. The van der Waals surface area contributed by atoms with Crippen molar-refractivity contribution in [2.24, 2.45) is 5.92 Å². The zero-order valence-corrected chi connectivity index (χ0v) is 4.68. The van der Waals surface area contributed by atoms with Crippen molar-refractivity contribution in [3.8, 4) is 0 Å². The van der Waals surface area contributed by atoms with Gasteiger partial charge in [-0.3, -0.25) is 0 Å². The molecule has 0 aromatic rings. The Morgan fingerprint density at radius 2 is 1.71 bits per heavy atom. The normalized spacial score (nSPS) is 12.9. The topological polar surface area (TPSA) is 40.5 Å². The Hall–Kier alpha value is -0.0800. The van der Waals surface area contributed by atoms with Crippen LogP contribution in [-0.4, -0.2) is 16.0 Å². The van der Waals surface area contributed by atoms with E-state index in [2.05, 4.69) is 6.92 Å². The van der Waals surface area contributed by atoms with Gasteiger partial charge in [0.1, 0.15) is 0 Å². The Kier molecular flexibility index (Phi) is 1.78. The van der Waals surface area contributed by atoms with Crippen LogP contribution in [0.5, 0.6) is 0 Å². The lowest BCUT2D eigenvalue weighted by molar-refractivity contribution is -0.169. The van der Waals surface area contributed by atoms with Crippen LogP contribution in [0.1, 0.15) is 13.8 Å². The predicted molar refractivity (Wildman–Crippen MR) is 27.4 cm³/mol. The molecule has 0 rings (SSSR count). The molecule has 43 valence electrons. The fourth-order valence-electron chi connectivity index (χ4n) is 0. The number of aliphatic hydroxyl groups is 2. The average Bonchev–Trinajstić information content (AvgIpc) is 1.31. The zero-order chi connectivity index (χ0) is 6.08. The lowest BCUT2D eigenvalue weighted by atomic mass is 10.1. The molecule has 0 aromatic heterocycles. The number of rotatable bonds is 1. The molecule has 0 spiro atoms. The summed E-state index contributed by atoms with van der Waals surface area (Å²) in [6, 6.07) is 0. The molecule has 0 amide bonds. The van der Waals surface area contributed by atoms with Gasteiger partial charge >= 0.3 is 0 Å². The third-order valence-electron chi connectivity index (χ3n) is 0.934. The predicted octanol–water partition coefficient (Wildman–Crippen LogP) is 0.157. The summed E-state index contributed by atoms with van der Waals surface area (Å²) < 4.78 is 0. The van der Waals surface area contributed by atoms with E-state index in [1.54, 1.807) is 6.92 Å². The van der Waals surface area contributed by atoms with E-state index in [0.717, 1.165) is 0 Å². The van der Waals surface area contributed by atoms with Gasteiger partial charge in [0.05, 0.1) is 0 Å². The van der Waals surface area contributed by atoms with E-state index in [4.69, 9.17) is 10.2 Å². The summed E-state index contributed by atoms with van der Waals surface area (Å²) in [6.07, 6.45) is 0. The van der Waals surface area contributed by atoms with Crippen LogP contribution in [0.25, 0.3) is 0 Å². The first-order valence-electron chi connectivity index (χ1n) is 2.22. The quantitative estimate of drug-likeness (QED) is 0.464. The third kappa shape index (κ3) is 2.60. The Morgan fingerprint density at radius 3 is 1.71 bits per heavy atom. The maximum Gasteiger partial charge on any atom is 0.162 e. The van der Waals surface area contributed by atoms with Gasteiger partial charge in [-0.1, -0.05) is 6.92 Å². The second kappa shape index (κ2) is 1.80. The minimum absolute atomic E-state index is 0.340. The summed E-state index contributed by atoms with van der Waals surface area (Å²) in [5.74, 6) is -1.95. The molecular formula is C5H11O2. The standard InChI is InChI=1S/C5H11O2/c1-4(2)5(3,6)7/h4,6-7H,1H2,2-3H3. The molecule has 0 aliphatic heterocycles. The molecule has 0 fully saturated rings. The Bertz CT molecular complexity index is 51.6. The van der Waals surface area contributed by atoms with Gasteiger partial charge in [-0.05, 0) is 13.8 Å². The minimum Gasteiger partial charge on any atom is -0.366 e. The van der Waals surface area contributed by atoms with Gasteiger partial charge < -0.3 is 10.2 Å².